The van der Waals surface area contributed by atoms with E-state index in [4.69, 9.17) is 14.2 Å². The number of hydrogen-bond donors (Lipinski definition) is 0. The minimum atomic E-state index is -0.415. The molecule has 0 bridgehead atoms. The molecule has 3 aromatic carbocycles. The van der Waals surface area contributed by atoms with E-state index in [2.05, 4.69) is 31.2 Å². The van der Waals surface area contributed by atoms with E-state index in [0.29, 0.717) is 12.4 Å². The molecule has 0 amide bonds. The van der Waals surface area contributed by atoms with Crippen LogP contribution in [0.3, 0.4) is 0 Å². The van der Waals surface area contributed by atoms with E-state index in [1.165, 1.54) is 103 Å². The first-order valence-corrected chi connectivity index (χ1v) is 16.8. The van der Waals surface area contributed by atoms with Gasteiger partial charge in [0.05, 0.1) is 13.7 Å². The summed E-state index contributed by atoms with van der Waals surface area (Å²) in [4.78, 5) is 12.0. The summed E-state index contributed by atoms with van der Waals surface area (Å²) in [6.07, 6.45) is 21.7. The van der Waals surface area contributed by atoms with Gasteiger partial charge in [-0.25, -0.2) is 4.79 Å². The molecule has 0 aromatic heterocycles. The van der Waals surface area contributed by atoms with Gasteiger partial charge in [-0.3, -0.25) is 0 Å². The van der Waals surface area contributed by atoms with E-state index < -0.39 is 5.97 Å². The van der Waals surface area contributed by atoms with Gasteiger partial charge in [-0.2, -0.15) is 0 Å². The van der Waals surface area contributed by atoms with Crippen LogP contribution in [0.2, 0.25) is 0 Å². The van der Waals surface area contributed by atoms with E-state index in [1.807, 2.05) is 48.5 Å². The molecule has 43 heavy (non-hydrogen) atoms. The number of rotatable bonds is 23. The molecule has 0 atom stereocenters. The van der Waals surface area contributed by atoms with Gasteiger partial charge in [-0.05, 0) is 29.7 Å². The Balaban J connectivity index is 1.45. The van der Waals surface area contributed by atoms with E-state index in [9.17, 15) is 4.79 Å². The molecule has 0 N–H and O–H groups in total. The van der Waals surface area contributed by atoms with Gasteiger partial charge in [-0.1, -0.05) is 164 Å². The first-order valence-electron chi connectivity index (χ1n) is 16.8. The van der Waals surface area contributed by atoms with Gasteiger partial charge in [0, 0.05) is 11.1 Å². The summed E-state index contributed by atoms with van der Waals surface area (Å²) in [5.74, 6) is 1.04. The van der Waals surface area contributed by atoms with E-state index in [1.54, 1.807) is 0 Å². The molecule has 3 rings (SSSR count). The summed E-state index contributed by atoms with van der Waals surface area (Å²) in [6.45, 7) is 2.81. The second kappa shape index (κ2) is 21.4. The third-order valence-corrected chi connectivity index (χ3v) is 8.06. The molecule has 0 aliphatic heterocycles. The Morgan fingerprint density at radius 3 is 1.40 bits per heavy atom. The van der Waals surface area contributed by atoms with Gasteiger partial charge in [-0.15, -0.1) is 0 Å². The van der Waals surface area contributed by atoms with Crippen LogP contribution < -0.4 is 9.47 Å². The molecule has 0 spiro atoms. The van der Waals surface area contributed by atoms with Crippen molar-refractivity contribution in [2.75, 3.05) is 20.3 Å². The van der Waals surface area contributed by atoms with Crippen LogP contribution in [0.25, 0.3) is 22.3 Å². The Morgan fingerprint density at radius 1 is 0.558 bits per heavy atom. The number of hydrogen-bond acceptors (Lipinski definition) is 4. The van der Waals surface area contributed by atoms with Gasteiger partial charge in [0.25, 0.3) is 0 Å². The third kappa shape index (κ3) is 13.3. The number of unbranched alkanes of at least 4 members (excludes halogenated alkanes) is 15. The van der Waals surface area contributed by atoms with E-state index in [0.717, 1.165) is 34.4 Å². The molecule has 0 fully saturated rings. The predicted molar refractivity (Wildman–Crippen MR) is 180 cm³/mol. The average molecular weight is 587 g/mol. The van der Waals surface area contributed by atoms with E-state index >= 15 is 0 Å². The number of ether oxygens (including phenoxy) is 3. The zero-order chi connectivity index (χ0) is 30.4. The molecule has 234 valence electrons. The molecule has 0 unspecified atom stereocenters. The van der Waals surface area contributed by atoms with Gasteiger partial charge in [0.1, 0.15) is 11.5 Å². The molecule has 4 heteroatoms. The normalized spacial score (nSPS) is 10.9. The van der Waals surface area contributed by atoms with Crippen molar-refractivity contribution >= 4 is 5.97 Å². The largest absolute Gasteiger partial charge is 0.494 e. The van der Waals surface area contributed by atoms with Crippen molar-refractivity contribution in [2.45, 2.75) is 110 Å². The summed E-state index contributed by atoms with van der Waals surface area (Å²) in [6, 6.07) is 24.3. The number of carbonyl (C=O) groups excluding carboxylic acids is 1. The van der Waals surface area contributed by atoms with Crippen molar-refractivity contribution in [3.05, 3.63) is 72.8 Å². The maximum absolute atomic E-state index is 12.0. The fraction of sp³-hybridized carbons (Fsp3) is 0.513. The number of esters is 1. The van der Waals surface area contributed by atoms with Crippen molar-refractivity contribution in [1.29, 1.82) is 0 Å². The second-order valence-corrected chi connectivity index (χ2v) is 11.6. The van der Waals surface area contributed by atoms with Crippen molar-refractivity contribution in [3.63, 3.8) is 0 Å². The minimum absolute atomic E-state index is 0.157. The molecule has 0 heterocycles. The molecule has 3 aromatic rings. The first kappa shape index (κ1) is 34.2. The predicted octanol–water partition coefficient (Wildman–Crippen LogP) is 11.2. The lowest BCUT2D eigenvalue weighted by molar-refractivity contribution is -0.142. The standard InChI is InChI=1S/C39H54O4/c1-3-4-5-6-7-8-9-10-11-12-13-14-15-16-17-24-29-42-35-30-36(33-25-20-18-21-26-33)39(43-32-38(40)41-2)37(31-35)34-27-22-19-23-28-34/h18-23,25-28,30-31H,3-17,24,29,32H2,1-2H3. The van der Waals surface area contributed by atoms with Crippen LogP contribution in [-0.4, -0.2) is 26.3 Å². The van der Waals surface area contributed by atoms with E-state index in [-0.39, 0.29) is 6.61 Å². The second-order valence-electron chi connectivity index (χ2n) is 11.6. The molecule has 0 radical (unpaired) electrons. The average Bonchev–Trinajstić information content (AvgIpc) is 3.05. The lowest BCUT2D eigenvalue weighted by Crippen LogP contribution is -2.13. The van der Waals surface area contributed by atoms with Crippen LogP contribution in [0.15, 0.2) is 72.8 Å². The quantitative estimate of drug-likeness (QED) is 0.0819. The maximum atomic E-state index is 12.0. The van der Waals surface area contributed by atoms with Crippen LogP contribution in [0, 0.1) is 0 Å². The Bertz CT molecular complexity index is 1080. The molecule has 0 aliphatic carbocycles. The van der Waals surface area contributed by atoms with Gasteiger partial charge >= 0.3 is 5.97 Å². The highest BCUT2D eigenvalue weighted by atomic mass is 16.6. The van der Waals surface area contributed by atoms with Crippen LogP contribution >= 0.6 is 0 Å². The maximum Gasteiger partial charge on any atom is 0.343 e. The van der Waals surface area contributed by atoms with Crippen LogP contribution in [0.1, 0.15) is 110 Å². The summed E-state index contributed by atoms with van der Waals surface area (Å²) < 4.78 is 17.2. The highest BCUT2D eigenvalue weighted by Crippen LogP contribution is 2.42. The Labute approximate surface area is 261 Å². The number of carbonyl (C=O) groups is 1. The van der Waals surface area contributed by atoms with Crippen LogP contribution in [-0.2, 0) is 9.53 Å². The van der Waals surface area contributed by atoms with Crippen LogP contribution in [0.5, 0.6) is 11.5 Å². The molecule has 0 saturated carbocycles. The molecule has 0 saturated heterocycles. The summed E-state index contributed by atoms with van der Waals surface area (Å²) >= 11 is 0. The van der Waals surface area contributed by atoms with Crippen molar-refractivity contribution in [1.82, 2.24) is 0 Å². The van der Waals surface area contributed by atoms with Crippen LogP contribution in [0.4, 0.5) is 0 Å². The summed E-state index contributed by atoms with van der Waals surface area (Å²) in [5, 5.41) is 0. The Kier molecular flexibility index (Phi) is 17.1. The number of benzene rings is 3. The van der Waals surface area contributed by atoms with Gasteiger partial charge in [0.2, 0.25) is 0 Å². The smallest absolute Gasteiger partial charge is 0.343 e. The lowest BCUT2D eigenvalue weighted by atomic mass is 9.96. The fourth-order valence-corrected chi connectivity index (χ4v) is 5.54. The topological polar surface area (TPSA) is 44.8 Å². The molecular formula is C39H54O4. The first-order chi connectivity index (χ1) is 21.2. The van der Waals surface area contributed by atoms with Gasteiger partial charge in [0.15, 0.2) is 6.61 Å². The minimum Gasteiger partial charge on any atom is -0.494 e. The molecule has 4 nitrogen and oxygen atoms in total. The number of methoxy groups -OCH3 is 1. The van der Waals surface area contributed by atoms with Crippen molar-refractivity contribution in [2.24, 2.45) is 0 Å². The Morgan fingerprint density at radius 2 is 0.977 bits per heavy atom. The highest BCUT2D eigenvalue weighted by molar-refractivity contribution is 5.85. The Hall–Kier alpha value is -3.27. The molecule has 0 aliphatic rings. The third-order valence-electron chi connectivity index (χ3n) is 8.06. The molecular weight excluding hydrogens is 532 g/mol. The van der Waals surface area contributed by atoms with Crippen molar-refractivity contribution < 1.29 is 19.0 Å². The zero-order valence-electron chi connectivity index (χ0n) is 26.8. The van der Waals surface area contributed by atoms with Crippen molar-refractivity contribution in [3.8, 4) is 33.8 Å². The van der Waals surface area contributed by atoms with Gasteiger partial charge < -0.3 is 14.2 Å². The fourth-order valence-electron chi connectivity index (χ4n) is 5.54. The zero-order valence-corrected chi connectivity index (χ0v) is 26.8. The SMILES string of the molecule is CCCCCCCCCCCCCCCCCCOc1cc(-c2ccccc2)c(OCC(=O)OC)c(-c2ccccc2)c1. The summed E-state index contributed by atoms with van der Waals surface area (Å²) in [5.41, 5.74) is 3.81. The highest BCUT2D eigenvalue weighted by Gasteiger charge is 2.18. The monoisotopic (exact) mass is 586 g/mol. The lowest BCUT2D eigenvalue weighted by Gasteiger charge is -2.18. The summed E-state index contributed by atoms with van der Waals surface area (Å²) in [7, 11) is 1.37.